The van der Waals surface area contributed by atoms with Gasteiger partial charge in [-0.3, -0.25) is 0 Å². The van der Waals surface area contributed by atoms with Crippen LogP contribution in [0.2, 0.25) is 0 Å². The van der Waals surface area contributed by atoms with Crippen molar-refractivity contribution in [1.29, 1.82) is 0 Å². The van der Waals surface area contributed by atoms with E-state index in [2.05, 4.69) is 285 Å². The van der Waals surface area contributed by atoms with Crippen molar-refractivity contribution in [3.63, 3.8) is 0 Å². The average Bonchev–Trinajstić information content (AvgIpc) is 2.27. The molecule has 0 bridgehead atoms. The summed E-state index contributed by atoms with van der Waals surface area (Å²) in [5, 5.41) is 15.5. The van der Waals surface area contributed by atoms with Crippen molar-refractivity contribution in [1.82, 2.24) is 28.1 Å². The van der Waals surface area contributed by atoms with E-state index in [0.29, 0.717) is 5.82 Å². The van der Waals surface area contributed by atoms with Crippen molar-refractivity contribution < 1.29 is 0 Å². The first kappa shape index (κ1) is 43.9. The summed E-state index contributed by atoms with van der Waals surface area (Å²) < 4.78 is 9.94. The summed E-state index contributed by atoms with van der Waals surface area (Å²) >= 11 is 0. The summed E-state index contributed by atoms with van der Waals surface area (Å²) in [6.07, 6.45) is 0. The molecular formula is C76H44N6. The Kier molecular flexibility index (Phi) is 8.69. The lowest BCUT2D eigenvalue weighted by Gasteiger charge is -2.16. The van der Waals surface area contributed by atoms with Gasteiger partial charge in [0, 0.05) is 76.4 Å². The first-order valence-corrected chi connectivity index (χ1v) is 28.1. The Morgan fingerprint density at radius 1 is 0.256 bits per heavy atom. The van der Waals surface area contributed by atoms with Crippen LogP contribution in [0.4, 0.5) is 0 Å². The van der Waals surface area contributed by atoms with E-state index >= 15 is 0 Å². The molecule has 6 aromatic heterocycles. The van der Waals surface area contributed by atoms with Crippen LogP contribution < -0.4 is 0 Å². The van der Waals surface area contributed by atoms with Gasteiger partial charge in [-0.25, -0.2) is 9.97 Å². The number of hydrogen-bond acceptors (Lipinski definition) is 2. The Morgan fingerprint density at radius 3 is 1.65 bits per heavy atom. The summed E-state index contributed by atoms with van der Waals surface area (Å²) in [6.45, 7) is 0. The molecule has 0 saturated heterocycles. The van der Waals surface area contributed by atoms with Crippen LogP contribution >= 0.6 is 0 Å². The second kappa shape index (κ2) is 16.3. The predicted octanol–water partition coefficient (Wildman–Crippen LogP) is 19.7. The molecule has 0 saturated carbocycles. The molecule has 6 nitrogen and oxygen atoms in total. The SMILES string of the molecule is c1ccc(-c2ccc(-n3c4ccccc4c4cc(-c5nc(-c6cc(-n7c8ccc9c%10c8c8c7ccc7c%11ccccc%11n(c%11cccc(c%10%11)n9-c9ccccc9)c78)c7ccccc7c6)nc6ccc7ccccc7c56)ccc43)cc2)cc1. The quantitative estimate of drug-likeness (QED) is 0.156. The van der Waals surface area contributed by atoms with E-state index in [1.165, 1.54) is 81.8 Å². The molecule has 82 heavy (non-hydrogen) atoms. The molecule has 0 aliphatic heterocycles. The zero-order valence-corrected chi connectivity index (χ0v) is 44.1. The Morgan fingerprint density at radius 2 is 0.817 bits per heavy atom. The summed E-state index contributed by atoms with van der Waals surface area (Å²) in [7, 11) is 0. The molecule has 13 aromatic carbocycles. The van der Waals surface area contributed by atoms with Gasteiger partial charge in [-0.15, -0.1) is 0 Å². The van der Waals surface area contributed by atoms with E-state index in [1.807, 2.05) is 0 Å². The maximum atomic E-state index is 5.78. The Labute approximate surface area is 468 Å². The average molecular weight is 1040 g/mol. The molecule has 0 fully saturated rings. The van der Waals surface area contributed by atoms with Gasteiger partial charge in [-0.1, -0.05) is 170 Å². The smallest absolute Gasteiger partial charge is 0.160 e. The van der Waals surface area contributed by atoms with Gasteiger partial charge in [0.25, 0.3) is 0 Å². The number of aromatic nitrogens is 6. The first-order chi connectivity index (χ1) is 40.7. The lowest BCUT2D eigenvalue weighted by molar-refractivity contribution is 1.17. The fraction of sp³-hybridized carbons (Fsp3) is 0. The molecule has 0 atom stereocenters. The van der Waals surface area contributed by atoms with Crippen LogP contribution in [0.5, 0.6) is 0 Å². The molecule has 0 aliphatic carbocycles. The van der Waals surface area contributed by atoms with Gasteiger partial charge < -0.3 is 18.1 Å². The molecule has 0 spiro atoms. The van der Waals surface area contributed by atoms with Gasteiger partial charge >= 0.3 is 0 Å². The normalized spacial score (nSPS) is 12.4. The molecule has 6 heteroatoms. The van der Waals surface area contributed by atoms with E-state index in [4.69, 9.17) is 9.97 Å². The van der Waals surface area contributed by atoms with Crippen LogP contribution in [-0.4, -0.2) is 28.1 Å². The lowest BCUT2D eigenvalue weighted by atomic mass is 9.98. The first-order valence-electron chi connectivity index (χ1n) is 28.1. The summed E-state index contributed by atoms with van der Waals surface area (Å²) in [5.74, 6) is 0.674. The van der Waals surface area contributed by atoms with E-state index in [0.717, 1.165) is 88.4 Å². The third-order valence-electron chi connectivity index (χ3n) is 17.8. The fourth-order valence-corrected chi connectivity index (χ4v) is 14.4. The van der Waals surface area contributed by atoms with Gasteiger partial charge in [0.05, 0.1) is 66.5 Å². The summed E-state index contributed by atoms with van der Waals surface area (Å²) in [4.78, 5) is 11.3. The predicted molar refractivity (Wildman–Crippen MR) is 342 cm³/mol. The monoisotopic (exact) mass is 1040 g/mol. The van der Waals surface area contributed by atoms with E-state index < -0.39 is 0 Å². The largest absolute Gasteiger partial charge is 0.309 e. The van der Waals surface area contributed by atoms with Gasteiger partial charge in [0.15, 0.2) is 5.82 Å². The number of para-hydroxylation sites is 3. The van der Waals surface area contributed by atoms with Gasteiger partial charge in [-0.05, 0) is 124 Å². The van der Waals surface area contributed by atoms with E-state index in [1.54, 1.807) is 0 Å². The van der Waals surface area contributed by atoms with Crippen LogP contribution in [0.25, 0.3) is 176 Å². The van der Waals surface area contributed by atoms with Crippen molar-refractivity contribution >= 4 is 125 Å². The second-order valence-corrected chi connectivity index (χ2v) is 22.0. The molecule has 0 amide bonds. The number of hydrogen-bond donors (Lipinski definition) is 0. The topological polar surface area (TPSA) is 45.0 Å². The van der Waals surface area contributed by atoms with Crippen molar-refractivity contribution in [3.8, 4) is 50.8 Å². The minimum atomic E-state index is 0.674. The van der Waals surface area contributed by atoms with Crippen LogP contribution in [0.15, 0.2) is 267 Å². The molecule has 378 valence electrons. The van der Waals surface area contributed by atoms with Gasteiger partial charge in [0.1, 0.15) is 0 Å². The Balaban J connectivity index is 0.872. The standard InChI is InChI=1S/C76H44N6/c1-3-16-45(17-4-1)46-30-34-52(35-31-46)79-60-26-13-12-25-56(60)58-43-49(33-38-62(58)79)74-69-54-23-10-7-18-47(54)32-37-59(69)77-76(78-74)50-42-48-19-8-9-22-53(48)68(44-50)81-66-41-40-65-71-70-63(80(65)51-20-5-2-6-21-51)28-15-29-64(70)82-61-27-14-11-24-55(61)57-36-39-67(81)73(72(66)71)75(57)82/h1-44H. The highest BCUT2D eigenvalue weighted by Crippen LogP contribution is 2.50. The zero-order chi connectivity index (χ0) is 53.3. The number of benzene rings is 13. The van der Waals surface area contributed by atoms with Crippen LogP contribution in [0.3, 0.4) is 0 Å². The van der Waals surface area contributed by atoms with Crippen LogP contribution in [0, 0.1) is 0 Å². The highest BCUT2D eigenvalue weighted by Gasteiger charge is 2.29. The molecule has 19 aromatic rings. The number of rotatable bonds is 6. The zero-order valence-electron chi connectivity index (χ0n) is 44.1. The van der Waals surface area contributed by atoms with E-state index in [9.17, 15) is 0 Å². The lowest BCUT2D eigenvalue weighted by Crippen LogP contribution is -2.00. The summed E-state index contributed by atoms with van der Waals surface area (Å²) in [6, 6.07) is 97.7. The number of fused-ring (bicyclic) bond motifs is 11. The third kappa shape index (κ3) is 5.86. The Hall–Kier alpha value is -11.1. The third-order valence-corrected chi connectivity index (χ3v) is 17.8. The maximum absolute atomic E-state index is 5.78. The van der Waals surface area contributed by atoms with Crippen LogP contribution in [0.1, 0.15) is 0 Å². The van der Waals surface area contributed by atoms with E-state index in [-0.39, 0.29) is 0 Å². The second-order valence-electron chi connectivity index (χ2n) is 22.0. The number of nitrogens with zero attached hydrogens (tertiary/aromatic N) is 6. The minimum absolute atomic E-state index is 0.674. The molecule has 0 aliphatic rings. The fourth-order valence-electron chi connectivity index (χ4n) is 14.4. The Bertz CT molecular complexity index is 5860. The molecule has 0 N–H and O–H groups in total. The van der Waals surface area contributed by atoms with Crippen LogP contribution in [-0.2, 0) is 0 Å². The molecule has 0 unspecified atom stereocenters. The minimum Gasteiger partial charge on any atom is -0.309 e. The molecule has 19 rings (SSSR count). The molecule has 0 radical (unpaired) electrons. The molecular weight excluding hydrogens is 997 g/mol. The van der Waals surface area contributed by atoms with Crippen molar-refractivity contribution in [2.75, 3.05) is 0 Å². The maximum Gasteiger partial charge on any atom is 0.160 e. The van der Waals surface area contributed by atoms with Crippen molar-refractivity contribution in [3.05, 3.63) is 267 Å². The van der Waals surface area contributed by atoms with Crippen molar-refractivity contribution in [2.24, 2.45) is 0 Å². The van der Waals surface area contributed by atoms with Gasteiger partial charge in [-0.2, -0.15) is 0 Å². The molecule has 6 heterocycles. The van der Waals surface area contributed by atoms with Crippen molar-refractivity contribution in [2.45, 2.75) is 0 Å². The highest BCUT2D eigenvalue weighted by molar-refractivity contribution is 6.38. The summed E-state index contributed by atoms with van der Waals surface area (Å²) in [5.41, 5.74) is 20.2. The van der Waals surface area contributed by atoms with Gasteiger partial charge in [0.2, 0.25) is 0 Å². The highest BCUT2D eigenvalue weighted by atomic mass is 15.0.